The fraction of sp³-hybridized carbons (Fsp3) is 0.182. The third kappa shape index (κ3) is 2.76. The molecule has 4 rings (SSSR count). The first-order valence-electron chi connectivity index (χ1n) is 9.09. The summed E-state index contributed by atoms with van der Waals surface area (Å²) in [4.78, 5) is 0. The molecule has 0 unspecified atom stereocenters. The van der Waals surface area contributed by atoms with Crippen molar-refractivity contribution in [2.45, 2.75) is 13.8 Å². The Morgan fingerprint density at radius 3 is 1.25 bits per heavy atom. The predicted octanol–water partition coefficient (Wildman–Crippen LogP) is 4.51. The summed E-state index contributed by atoms with van der Waals surface area (Å²) in [6.45, 7) is 4.13. The number of para-hydroxylation sites is 2. The number of nitrogens with zero attached hydrogens (tertiary/aromatic N) is 4. The standard InChI is InChI=1S/C22H22Cl2N4/c1-15-19(21(23)27(25(15)3)17-11-7-5-8-12-17)20-16(2)26(4)28(22(20)24)18-13-9-6-10-14-18/h5-14H,1-4H3/q+2. The van der Waals surface area contributed by atoms with E-state index in [9.17, 15) is 0 Å². The van der Waals surface area contributed by atoms with Gasteiger partial charge in [-0.25, -0.2) is 0 Å². The fourth-order valence-electron chi connectivity index (χ4n) is 3.68. The van der Waals surface area contributed by atoms with Crippen molar-refractivity contribution in [1.29, 1.82) is 0 Å². The molecule has 0 saturated heterocycles. The van der Waals surface area contributed by atoms with E-state index in [1.165, 1.54) is 0 Å². The Balaban J connectivity index is 2.00. The van der Waals surface area contributed by atoms with Gasteiger partial charge in [0, 0.05) is 13.8 Å². The molecule has 0 N–H and O–H groups in total. The Kier molecular flexibility index (Phi) is 4.77. The molecule has 142 valence electrons. The van der Waals surface area contributed by atoms with Crippen molar-refractivity contribution in [1.82, 2.24) is 9.36 Å². The van der Waals surface area contributed by atoms with Gasteiger partial charge in [0.1, 0.15) is 22.5 Å². The van der Waals surface area contributed by atoms with Crippen molar-refractivity contribution < 1.29 is 9.36 Å². The summed E-state index contributed by atoms with van der Waals surface area (Å²) in [5, 5.41) is 1.28. The maximum atomic E-state index is 6.92. The van der Waals surface area contributed by atoms with Crippen molar-refractivity contribution in [2.75, 3.05) is 0 Å². The summed E-state index contributed by atoms with van der Waals surface area (Å²) < 4.78 is 8.12. The zero-order valence-electron chi connectivity index (χ0n) is 16.3. The summed E-state index contributed by atoms with van der Waals surface area (Å²) in [6.07, 6.45) is 0. The number of benzene rings is 2. The summed E-state index contributed by atoms with van der Waals surface area (Å²) >= 11 is 13.8. The van der Waals surface area contributed by atoms with Crippen molar-refractivity contribution in [3.8, 4) is 22.5 Å². The minimum Gasteiger partial charge on any atom is -0.109 e. The molecule has 0 atom stereocenters. The van der Waals surface area contributed by atoms with Gasteiger partial charge in [-0.2, -0.15) is 0 Å². The second kappa shape index (κ2) is 7.12. The first-order chi connectivity index (χ1) is 13.4. The molecular weight excluding hydrogens is 391 g/mol. The van der Waals surface area contributed by atoms with Gasteiger partial charge in [-0.15, -0.1) is 18.7 Å². The summed E-state index contributed by atoms with van der Waals surface area (Å²) in [5.41, 5.74) is 5.99. The quantitative estimate of drug-likeness (QED) is 0.440. The molecule has 0 radical (unpaired) electrons. The van der Waals surface area contributed by atoms with Gasteiger partial charge in [0.2, 0.25) is 11.4 Å². The Hall–Kier alpha value is -2.56. The lowest BCUT2D eigenvalue weighted by molar-refractivity contribution is -0.749. The molecule has 0 bridgehead atoms. The zero-order chi connectivity index (χ0) is 20.0. The largest absolute Gasteiger partial charge is 0.214 e. The van der Waals surface area contributed by atoms with Crippen LogP contribution in [0.25, 0.3) is 22.5 Å². The van der Waals surface area contributed by atoms with E-state index in [0.717, 1.165) is 33.9 Å². The van der Waals surface area contributed by atoms with Crippen LogP contribution in [0.2, 0.25) is 10.3 Å². The summed E-state index contributed by atoms with van der Waals surface area (Å²) in [7, 11) is 4.02. The van der Waals surface area contributed by atoms with Crippen LogP contribution in [-0.4, -0.2) is 9.36 Å². The third-order valence-corrected chi connectivity index (χ3v) is 6.03. The van der Waals surface area contributed by atoms with Crippen LogP contribution in [0.15, 0.2) is 60.7 Å². The van der Waals surface area contributed by atoms with Crippen LogP contribution >= 0.6 is 23.2 Å². The maximum Gasteiger partial charge on any atom is 0.214 e. The normalized spacial score (nSPS) is 11.2. The molecule has 2 heterocycles. The maximum absolute atomic E-state index is 6.92. The smallest absolute Gasteiger partial charge is 0.109 e. The van der Waals surface area contributed by atoms with Gasteiger partial charge >= 0.3 is 0 Å². The highest BCUT2D eigenvalue weighted by Gasteiger charge is 2.35. The minimum absolute atomic E-state index is 0.641. The number of aromatic nitrogens is 4. The monoisotopic (exact) mass is 412 g/mol. The molecule has 6 heteroatoms. The van der Waals surface area contributed by atoms with E-state index >= 15 is 0 Å². The van der Waals surface area contributed by atoms with E-state index in [-0.39, 0.29) is 0 Å². The summed E-state index contributed by atoms with van der Waals surface area (Å²) in [6, 6.07) is 20.2. The molecule has 0 saturated carbocycles. The molecule has 28 heavy (non-hydrogen) atoms. The number of rotatable bonds is 3. The van der Waals surface area contributed by atoms with Crippen LogP contribution in [0, 0.1) is 13.8 Å². The minimum atomic E-state index is 0.641. The van der Waals surface area contributed by atoms with E-state index in [1.807, 2.05) is 84.1 Å². The molecule has 2 aromatic heterocycles. The first kappa shape index (κ1) is 18.8. The average Bonchev–Trinajstić information content (AvgIpc) is 3.06. The Bertz CT molecular complexity index is 1070. The molecule has 0 spiro atoms. The highest BCUT2D eigenvalue weighted by Crippen LogP contribution is 2.38. The molecule has 4 aromatic rings. The predicted molar refractivity (Wildman–Crippen MR) is 112 cm³/mol. The SMILES string of the molecule is Cc1c(-c2c(Cl)n(-c3ccccc3)[n+](C)c2C)c(Cl)n(-c2ccccc2)[n+]1C. The average molecular weight is 413 g/mol. The van der Waals surface area contributed by atoms with E-state index in [2.05, 4.69) is 23.2 Å². The Morgan fingerprint density at radius 2 is 0.929 bits per heavy atom. The van der Waals surface area contributed by atoms with Crippen molar-refractivity contribution >= 4 is 23.2 Å². The van der Waals surface area contributed by atoms with Crippen molar-refractivity contribution in [3.05, 3.63) is 82.4 Å². The van der Waals surface area contributed by atoms with Gasteiger partial charge in [0.05, 0.1) is 0 Å². The number of hydrogen-bond acceptors (Lipinski definition) is 0. The van der Waals surface area contributed by atoms with E-state index < -0.39 is 0 Å². The van der Waals surface area contributed by atoms with Gasteiger partial charge in [-0.1, -0.05) is 59.6 Å². The van der Waals surface area contributed by atoms with E-state index in [0.29, 0.717) is 10.3 Å². The zero-order valence-corrected chi connectivity index (χ0v) is 17.8. The number of halogens is 2. The van der Waals surface area contributed by atoms with Crippen LogP contribution in [-0.2, 0) is 14.1 Å². The van der Waals surface area contributed by atoms with Crippen LogP contribution in [0.3, 0.4) is 0 Å². The van der Waals surface area contributed by atoms with Crippen molar-refractivity contribution in [2.24, 2.45) is 14.1 Å². The van der Waals surface area contributed by atoms with Gasteiger partial charge < -0.3 is 0 Å². The van der Waals surface area contributed by atoms with Crippen LogP contribution in [0.1, 0.15) is 11.4 Å². The third-order valence-electron chi connectivity index (χ3n) is 5.33. The van der Waals surface area contributed by atoms with E-state index in [4.69, 9.17) is 23.2 Å². The molecule has 0 aliphatic rings. The van der Waals surface area contributed by atoms with Gasteiger partial charge in [0.25, 0.3) is 0 Å². The Labute approximate surface area is 174 Å². The lowest BCUT2D eigenvalue weighted by atomic mass is 10.1. The molecule has 0 amide bonds. The molecular formula is C22H22Cl2N4+2. The molecule has 0 fully saturated rings. The van der Waals surface area contributed by atoms with Crippen LogP contribution < -0.4 is 9.36 Å². The van der Waals surface area contributed by atoms with Gasteiger partial charge in [-0.05, 0) is 24.3 Å². The lowest BCUT2D eigenvalue weighted by Crippen LogP contribution is -2.40. The van der Waals surface area contributed by atoms with Crippen LogP contribution in [0.4, 0.5) is 0 Å². The molecule has 4 nitrogen and oxygen atoms in total. The number of hydrogen-bond donors (Lipinski definition) is 0. The van der Waals surface area contributed by atoms with Gasteiger partial charge in [-0.3, -0.25) is 0 Å². The lowest BCUT2D eigenvalue weighted by Gasteiger charge is -2.01. The van der Waals surface area contributed by atoms with Crippen molar-refractivity contribution in [3.63, 3.8) is 0 Å². The van der Waals surface area contributed by atoms with Crippen LogP contribution in [0.5, 0.6) is 0 Å². The second-order valence-electron chi connectivity index (χ2n) is 6.84. The topological polar surface area (TPSA) is 17.6 Å². The molecule has 0 aliphatic carbocycles. The summed E-state index contributed by atoms with van der Waals surface area (Å²) in [5.74, 6) is 0. The van der Waals surface area contributed by atoms with E-state index in [1.54, 1.807) is 0 Å². The highest BCUT2D eigenvalue weighted by atomic mass is 35.5. The first-order valence-corrected chi connectivity index (χ1v) is 9.84. The Morgan fingerprint density at radius 1 is 0.607 bits per heavy atom. The fourth-order valence-corrected chi connectivity index (χ4v) is 4.56. The molecule has 2 aromatic carbocycles. The second-order valence-corrected chi connectivity index (χ2v) is 7.56. The highest BCUT2D eigenvalue weighted by molar-refractivity contribution is 6.35. The molecule has 0 aliphatic heterocycles. The van der Waals surface area contributed by atoms with Gasteiger partial charge in [0.15, 0.2) is 24.4 Å².